The zero-order valence-corrected chi connectivity index (χ0v) is 19.7. The fraction of sp³-hybridized carbons (Fsp3) is 0.609. The number of carbonyl (C=O) groups is 2. The van der Waals surface area contributed by atoms with Crippen LogP contribution in [0, 0.1) is 25.2 Å². The second-order valence-electron chi connectivity index (χ2n) is 9.59. The quantitative estimate of drug-likeness (QED) is 0.250. The van der Waals surface area contributed by atoms with Gasteiger partial charge in [-0.25, -0.2) is 4.79 Å². The number of phenolic OH excluding ortho intramolecular Hbond substituents is 1. The Balaban J connectivity index is 2.16. The highest BCUT2D eigenvalue weighted by Crippen LogP contribution is 2.24. The molecule has 9 nitrogen and oxygen atoms in total. The molecule has 1 saturated heterocycles. The topological polar surface area (TPSA) is 155 Å². The smallest absolute Gasteiger partial charge is 0.329 e. The molecule has 2 rings (SSSR count). The number of aryl methyl sites for hydroxylation is 2. The lowest BCUT2D eigenvalue weighted by Crippen LogP contribution is -2.55. The van der Waals surface area contributed by atoms with Crippen molar-refractivity contribution in [3.63, 3.8) is 0 Å². The van der Waals surface area contributed by atoms with Crippen LogP contribution >= 0.6 is 0 Å². The van der Waals surface area contributed by atoms with Crippen molar-refractivity contribution in [2.75, 3.05) is 13.1 Å². The standard InChI is InChI=1S/C23H37N5O4/c1-13-10-16(29)11-14(2)17(13)12-18(21(31)32-23(3,4)5)27-20(30)19(24)15-6-8-28(9-7-15)22(25)26/h10-11,15,18-19,29H,6-9,12,24H2,1-5H3,(H3,25,26)(H,27,30)/t18-,19?/m0/s1. The number of benzene rings is 1. The summed E-state index contributed by atoms with van der Waals surface area (Å²) in [6.07, 6.45) is 1.51. The maximum absolute atomic E-state index is 13.0. The highest BCUT2D eigenvalue weighted by atomic mass is 16.6. The molecule has 1 aromatic carbocycles. The lowest BCUT2D eigenvalue weighted by molar-refractivity contribution is -0.158. The number of nitrogens with zero attached hydrogens (tertiary/aromatic N) is 1. The van der Waals surface area contributed by atoms with E-state index in [2.05, 4.69) is 5.32 Å². The number of likely N-dealkylation sites (tertiary alicyclic amines) is 1. The van der Waals surface area contributed by atoms with Crippen LogP contribution in [0.5, 0.6) is 5.75 Å². The number of amides is 1. The van der Waals surface area contributed by atoms with Crippen molar-refractivity contribution in [2.45, 2.75) is 71.6 Å². The molecule has 0 radical (unpaired) electrons. The van der Waals surface area contributed by atoms with E-state index in [1.54, 1.807) is 37.8 Å². The van der Waals surface area contributed by atoms with E-state index in [1.807, 2.05) is 13.8 Å². The maximum Gasteiger partial charge on any atom is 0.329 e. The van der Waals surface area contributed by atoms with Gasteiger partial charge in [-0.1, -0.05) is 0 Å². The first kappa shape index (κ1) is 25.5. The zero-order valence-electron chi connectivity index (χ0n) is 19.7. The number of nitrogens with two attached hydrogens (primary N) is 2. The highest BCUT2D eigenvalue weighted by molar-refractivity contribution is 5.88. The molecule has 1 heterocycles. The molecule has 32 heavy (non-hydrogen) atoms. The lowest BCUT2D eigenvalue weighted by Gasteiger charge is -2.35. The number of hydrogen-bond donors (Lipinski definition) is 5. The fourth-order valence-corrected chi connectivity index (χ4v) is 4.04. The van der Waals surface area contributed by atoms with E-state index in [0.717, 1.165) is 16.7 Å². The number of hydrogen-bond acceptors (Lipinski definition) is 6. The van der Waals surface area contributed by atoms with Crippen LogP contribution in [0.2, 0.25) is 0 Å². The van der Waals surface area contributed by atoms with Crippen LogP contribution in [0.15, 0.2) is 12.1 Å². The second-order valence-corrected chi connectivity index (χ2v) is 9.59. The summed E-state index contributed by atoms with van der Waals surface area (Å²) in [4.78, 5) is 27.7. The van der Waals surface area contributed by atoms with Gasteiger partial charge in [0.2, 0.25) is 5.91 Å². The Hall–Kier alpha value is -2.81. The molecule has 0 bridgehead atoms. The van der Waals surface area contributed by atoms with Crippen LogP contribution in [-0.2, 0) is 20.7 Å². The van der Waals surface area contributed by atoms with Gasteiger partial charge in [-0.05, 0) is 82.2 Å². The predicted molar refractivity (Wildman–Crippen MR) is 123 cm³/mol. The largest absolute Gasteiger partial charge is 0.508 e. The van der Waals surface area contributed by atoms with Gasteiger partial charge in [-0.15, -0.1) is 0 Å². The molecule has 1 amide bonds. The van der Waals surface area contributed by atoms with E-state index in [4.69, 9.17) is 21.6 Å². The van der Waals surface area contributed by atoms with Gasteiger partial charge < -0.3 is 31.5 Å². The summed E-state index contributed by atoms with van der Waals surface area (Å²) in [6, 6.07) is 1.57. The SMILES string of the molecule is Cc1cc(O)cc(C)c1C[C@H](NC(=O)C(N)C1CCN(C(=N)N)CC1)C(=O)OC(C)(C)C. The van der Waals surface area contributed by atoms with Gasteiger partial charge in [0, 0.05) is 19.5 Å². The molecule has 2 atom stereocenters. The van der Waals surface area contributed by atoms with Crippen LogP contribution in [0.1, 0.15) is 50.3 Å². The van der Waals surface area contributed by atoms with E-state index >= 15 is 0 Å². The summed E-state index contributed by atoms with van der Waals surface area (Å²) < 4.78 is 5.55. The molecule has 1 aliphatic heterocycles. The molecule has 7 N–H and O–H groups in total. The van der Waals surface area contributed by atoms with E-state index in [0.29, 0.717) is 25.9 Å². The Kier molecular flexibility index (Phi) is 8.12. The van der Waals surface area contributed by atoms with Gasteiger partial charge in [-0.3, -0.25) is 10.2 Å². The average Bonchev–Trinajstić information content (AvgIpc) is 2.67. The van der Waals surface area contributed by atoms with Gasteiger partial charge in [0.15, 0.2) is 5.96 Å². The van der Waals surface area contributed by atoms with Crippen LogP contribution in [0.3, 0.4) is 0 Å². The van der Waals surface area contributed by atoms with Crippen molar-refractivity contribution in [1.82, 2.24) is 10.2 Å². The molecule has 0 aliphatic carbocycles. The summed E-state index contributed by atoms with van der Waals surface area (Å²) in [5.41, 5.74) is 13.6. The van der Waals surface area contributed by atoms with Gasteiger partial charge in [0.1, 0.15) is 17.4 Å². The molecule has 0 aromatic heterocycles. The fourth-order valence-electron chi connectivity index (χ4n) is 4.04. The van der Waals surface area contributed by atoms with Crippen LogP contribution in [0.4, 0.5) is 0 Å². The summed E-state index contributed by atoms with van der Waals surface area (Å²) in [7, 11) is 0. The Morgan fingerprint density at radius 1 is 1.25 bits per heavy atom. The van der Waals surface area contributed by atoms with Crippen LogP contribution < -0.4 is 16.8 Å². The van der Waals surface area contributed by atoms with E-state index in [1.165, 1.54) is 0 Å². The number of guanidine groups is 1. The molecule has 0 spiro atoms. The zero-order chi connectivity index (χ0) is 24.2. The Labute approximate surface area is 190 Å². The molecule has 0 saturated carbocycles. The third-order valence-corrected chi connectivity index (χ3v) is 5.79. The summed E-state index contributed by atoms with van der Waals surface area (Å²) >= 11 is 0. The summed E-state index contributed by atoms with van der Waals surface area (Å²) in [5.74, 6) is -0.832. The van der Waals surface area contributed by atoms with Gasteiger partial charge in [0.05, 0.1) is 6.04 Å². The molecule has 1 fully saturated rings. The lowest BCUT2D eigenvalue weighted by atomic mass is 9.89. The van der Waals surface area contributed by atoms with Crippen molar-refractivity contribution in [3.8, 4) is 5.75 Å². The molecule has 9 heteroatoms. The minimum atomic E-state index is -0.910. The van der Waals surface area contributed by atoms with Crippen molar-refractivity contribution >= 4 is 17.8 Å². The second kappa shape index (κ2) is 10.2. The monoisotopic (exact) mass is 447 g/mol. The molecular weight excluding hydrogens is 410 g/mol. The molecule has 1 aromatic rings. The first-order valence-electron chi connectivity index (χ1n) is 11.0. The minimum absolute atomic E-state index is 0.0195. The maximum atomic E-state index is 13.0. The number of ether oxygens (including phenoxy) is 1. The first-order chi connectivity index (χ1) is 14.8. The van der Waals surface area contributed by atoms with E-state index < -0.39 is 29.6 Å². The number of phenols is 1. The highest BCUT2D eigenvalue weighted by Gasteiger charge is 2.33. The van der Waals surface area contributed by atoms with Crippen molar-refractivity contribution in [2.24, 2.45) is 17.4 Å². The first-order valence-corrected chi connectivity index (χ1v) is 11.0. The summed E-state index contributed by atoms with van der Waals surface area (Å²) in [6.45, 7) is 10.2. The van der Waals surface area contributed by atoms with Crippen LogP contribution in [0.25, 0.3) is 0 Å². The number of aromatic hydroxyl groups is 1. The Morgan fingerprint density at radius 2 is 1.78 bits per heavy atom. The summed E-state index contributed by atoms with van der Waals surface area (Å²) in [5, 5.41) is 20.2. The molecule has 1 aliphatic rings. The third kappa shape index (κ3) is 6.85. The Bertz CT molecular complexity index is 833. The average molecular weight is 448 g/mol. The number of rotatable bonds is 6. The van der Waals surface area contributed by atoms with Crippen LogP contribution in [-0.4, -0.2) is 58.6 Å². The number of carbonyl (C=O) groups excluding carboxylic acids is 2. The molecular formula is C23H37N5O4. The minimum Gasteiger partial charge on any atom is -0.508 e. The van der Waals surface area contributed by atoms with Crippen molar-refractivity contribution < 1.29 is 19.4 Å². The van der Waals surface area contributed by atoms with E-state index in [-0.39, 0.29) is 24.0 Å². The predicted octanol–water partition coefficient (Wildman–Crippen LogP) is 1.31. The van der Waals surface area contributed by atoms with Gasteiger partial charge >= 0.3 is 5.97 Å². The normalized spacial score (nSPS) is 16.9. The Morgan fingerprint density at radius 3 is 2.25 bits per heavy atom. The van der Waals surface area contributed by atoms with Gasteiger partial charge in [-0.2, -0.15) is 0 Å². The van der Waals surface area contributed by atoms with Gasteiger partial charge in [0.25, 0.3) is 0 Å². The molecule has 178 valence electrons. The number of esters is 1. The number of nitrogens with one attached hydrogen (secondary N) is 2. The van der Waals surface area contributed by atoms with Crippen molar-refractivity contribution in [3.05, 3.63) is 28.8 Å². The number of piperidine rings is 1. The molecule has 1 unspecified atom stereocenters. The third-order valence-electron chi connectivity index (χ3n) is 5.79. The van der Waals surface area contributed by atoms with E-state index in [9.17, 15) is 14.7 Å². The van der Waals surface area contributed by atoms with Crippen molar-refractivity contribution in [1.29, 1.82) is 5.41 Å².